The molecule has 120 valence electrons. The highest BCUT2D eigenvalue weighted by Crippen LogP contribution is 2.09. The largest absolute Gasteiger partial charge is 0.461 e. The fraction of sp³-hybridized carbons (Fsp3) is 0.353. The molecule has 0 atom stereocenters. The van der Waals surface area contributed by atoms with Crippen LogP contribution in [0.2, 0.25) is 0 Å². The standard InChI is InChI=1S/C17H20N4O2/c22-16(15-5-2-1-3-6-15)23-14-13-20-9-11-21(12-10-20)17-18-7-4-8-19-17/h1-8H,9-14H2. The summed E-state index contributed by atoms with van der Waals surface area (Å²) in [6.45, 7) is 4.77. The van der Waals surface area contributed by atoms with Gasteiger partial charge in [-0.1, -0.05) is 18.2 Å². The molecule has 0 aliphatic carbocycles. The summed E-state index contributed by atoms with van der Waals surface area (Å²) in [5.41, 5.74) is 0.596. The highest BCUT2D eigenvalue weighted by molar-refractivity contribution is 5.89. The van der Waals surface area contributed by atoms with Gasteiger partial charge in [0.2, 0.25) is 5.95 Å². The predicted octanol–water partition coefficient (Wildman–Crippen LogP) is 1.46. The third kappa shape index (κ3) is 4.26. The Bertz CT molecular complexity index is 613. The van der Waals surface area contributed by atoms with Gasteiger partial charge in [-0.05, 0) is 18.2 Å². The summed E-state index contributed by atoms with van der Waals surface area (Å²) >= 11 is 0. The molecule has 1 saturated heterocycles. The van der Waals surface area contributed by atoms with Gasteiger partial charge in [0, 0.05) is 45.1 Å². The molecule has 0 amide bonds. The minimum atomic E-state index is -0.262. The van der Waals surface area contributed by atoms with E-state index in [2.05, 4.69) is 19.8 Å². The lowest BCUT2D eigenvalue weighted by molar-refractivity contribution is 0.0459. The smallest absolute Gasteiger partial charge is 0.338 e. The van der Waals surface area contributed by atoms with Gasteiger partial charge < -0.3 is 9.64 Å². The van der Waals surface area contributed by atoms with Crippen LogP contribution in [0.5, 0.6) is 0 Å². The number of hydrogen-bond donors (Lipinski definition) is 0. The Morgan fingerprint density at radius 3 is 2.39 bits per heavy atom. The monoisotopic (exact) mass is 312 g/mol. The molecule has 0 bridgehead atoms. The molecule has 1 fully saturated rings. The van der Waals surface area contributed by atoms with Crippen LogP contribution in [0.3, 0.4) is 0 Å². The number of esters is 1. The Labute approximate surface area is 135 Å². The molecule has 6 heteroatoms. The lowest BCUT2D eigenvalue weighted by atomic mass is 10.2. The number of ether oxygens (including phenoxy) is 1. The highest BCUT2D eigenvalue weighted by atomic mass is 16.5. The second-order valence-corrected chi connectivity index (χ2v) is 5.38. The summed E-state index contributed by atoms with van der Waals surface area (Å²) in [4.78, 5) is 24.9. The van der Waals surface area contributed by atoms with Crippen molar-refractivity contribution in [3.05, 3.63) is 54.4 Å². The fourth-order valence-electron chi connectivity index (χ4n) is 2.55. The molecule has 0 radical (unpaired) electrons. The second-order valence-electron chi connectivity index (χ2n) is 5.38. The van der Waals surface area contributed by atoms with Crippen molar-refractivity contribution in [3.63, 3.8) is 0 Å². The number of carbonyl (C=O) groups is 1. The summed E-state index contributed by atoms with van der Waals surface area (Å²) in [5, 5.41) is 0. The number of carbonyl (C=O) groups excluding carboxylic acids is 1. The van der Waals surface area contributed by atoms with Gasteiger partial charge in [-0.3, -0.25) is 4.90 Å². The summed E-state index contributed by atoms with van der Waals surface area (Å²) in [6, 6.07) is 10.9. The Hall–Kier alpha value is -2.47. The zero-order valence-corrected chi connectivity index (χ0v) is 13.0. The van der Waals surface area contributed by atoms with E-state index in [4.69, 9.17) is 4.74 Å². The van der Waals surface area contributed by atoms with Crippen LogP contribution >= 0.6 is 0 Å². The lowest BCUT2D eigenvalue weighted by Gasteiger charge is -2.34. The summed E-state index contributed by atoms with van der Waals surface area (Å²) in [6.07, 6.45) is 3.52. The van der Waals surface area contributed by atoms with Crippen molar-refractivity contribution in [1.82, 2.24) is 14.9 Å². The van der Waals surface area contributed by atoms with E-state index in [0.717, 1.165) is 38.7 Å². The molecule has 2 aromatic rings. The van der Waals surface area contributed by atoms with Crippen LogP contribution in [0, 0.1) is 0 Å². The van der Waals surface area contributed by atoms with Crippen LogP contribution in [0.1, 0.15) is 10.4 Å². The SMILES string of the molecule is O=C(OCCN1CCN(c2ncccn2)CC1)c1ccccc1. The average molecular weight is 312 g/mol. The average Bonchev–Trinajstić information content (AvgIpc) is 2.64. The Kier molecular flexibility index (Phi) is 5.16. The van der Waals surface area contributed by atoms with Gasteiger partial charge in [-0.2, -0.15) is 0 Å². The van der Waals surface area contributed by atoms with Crippen LogP contribution in [-0.2, 0) is 4.74 Å². The van der Waals surface area contributed by atoms with E-state index in [0.29, 0.717) is 12.2 Å². The van der Waals surface area contributed by atoms with Crippen molar-refractivity contribution in [2.24, 2.45) is 0 Å². The van der Waals surface area contributed by atoms with Crippen molar-refractivity contribution in [1.29, 1.82) is 0 Å². The van der Waals surface area contributed by atoms with E-state index in [1.165, 1.54) is 0 Å². The van der Waals surface area contributed by atoms with Crippen LogP contribution in [0.15, 0.2) is 48.8 Å². The molecular formula is C17H20N4O2. The number of rotatable bonds is 5. The van der Waals surface area contributed by atoms with Gasteiger partial charge in [0.25, 0.3) is 0 Å². The lowest BCUT2D eigenvalue weighted by Crippen LogP contribution is -2.48. The van der Waals surface area contributed by atoms with Gasteiger partial charge in [0.15, 0.2) is 0 Å². The molecule has 1 aromatic heterocycles. The summed E-state index contributed by atoms with van der Waals surface area (Å²) in [7, 11) is 0. The molecule has 2 heterocycles. The molecule has 1 aliphatic rings. The number of piperazine rings is 1. The van der Waals surface area contributed by atoms with Crippen molar-refractivity contribution < 1.29 is 9.53 Å². The molecular weight excluding hydrogens is 292 g/mol. The molecule has 1 aliphatic heterocycles. The Morgan fingerprint density at radius 2 is 1.70 bits per heavy atom. The zero-order chi connectivity index (χ0) is 15.9. The summed E-state index contributed by atoms with van der Waals surface area (Å²) in [5.74, 6) is 0.518. The van der Waals surface area contributed by atoms with Gasteiger partial charge >= 0.3 is 5.97 Å². The second kappa shape index (κ2) is 7.69. The maximum Gasteiger partial charge on any atom is 0.338 e. The maximum atomic E-state index is 11.9. The number of aromatic nitrogens is 2. The summed E-state index contributed by atoms with van der Waals surface area (Å²) < 4.78 is 5.32. The minimum Gasteiger partial charge on any atom is -0.461 e. The molecule has 0 saturated carbocycles. The Morgan fingerprint density at radius 1 is 1.00 bits per heavy atom. The van der Waals surface area contributed by atoms with Crippen LogP contribution in [0.25, 0.3) is 0 Å². The number of benzene rings is 1. The topological polar surface area (TPSA) is 58.6 Å². The first kappa shape index (κ1) is 15.4. The predicted molar refractivity (Wildman–Crippen MR) is 87.4 cm³/mol. The molecule has 0 unspecified atom stereocenters. The van der Waals surface area contributed by atoms with Crippen LogP contribution in [0.4, 0.5) is 5.95 Å². The van der Waals surface area contributed by atoms with E-state index in [-0.39, 0.29) is 5.97 Å². The van der Waals surface area contributed by atoms with E-state index < -0.39 is 0 Å². The van der Waals surface area contributed by atoms with E-state index in [1.807, 2.05) is 24.3 Å². The van der Waals surface area contributed by atoms with Crippen molar-refractivity contribution in [2.75, 3.05) is 44.2 Å². The van der Waals surface area contributed by atoms with Gasteiger partial charge in [-0.25, -0.2) is 14.8 Å². The third-order valence-electron chi connectivity index (χ3n) is 3.86. The first-order valence-electron chi connectivity index (χ1n) is 7.79. The number of nitrogens with zero attached hydrogens (tertiary/aromatic N) is 4. The highest BCUT2D eigenvalue weighted by Gasteiger charge is 2.18. The van der Waals surface area contributed by atoms with E-state index in [9.17, 15) is 4.79 Å². The van der Waals surface area contributed by atoms with Crippen LogP contribution < -0.4 is 4.90 Å². The third-order valence-corrected chi connectivity index (χ3v) is 3.86. The van der Waals surface area contributed by atoms with Gasteiger partial charge in [0.05, 0.1) is 5.56 Å². The van der Waals surface area contributed by atoms with Crippen molar-refractivity contribution in [2.45, 2.75) is 0 Å². The first-order valence-corrected chi connectivity index (χ1v) is 7.79. The van der Waals surface area contributed by atoms with Gasteiger partial charge in [0.1, 0.15) is 6.61 Å². The molecule has 0 spiro atoms. The number of anilines is 1. The molecule has 6 nitrogen and oxygen atoms in total. The van der Waals surface area contributed by atoms with Gasteiger partial charge in [-0.15, -0.1) is 0 Å². The molecule has 3 rings (SSSR count). The van der Waals surface area contributed by atoms with E-state index >= 15 is 0 Å². The van der Waals surface area contributed by atoms with Crippen molar-refractivity contribution in [3.8, 4) is 0 Å². The Balaban J connectivity index is 1.39. The quantitative estimate of drug-likeness (QED) is 0.779. The molecule has 0 N–H and O–H groups in total. The molecule has 23 heavy (non-hydrogen) atoms. The fourth-order valence-corrected chi connectivity index (χ4v) is 2.55. The first-order chi connectivity index (χ1) is 11.3. The van der Waals surface area contributed by atoms with E-state index in [1.54, 1.807) is 24.5 Å². The van der Waals surface area contributed by atoms with Crippen LogP contribution in [-0.4, -0.2) is 60.2 Å². The van der Waals surface area contributed by atoms with Crippen molar-refractivity contribution >= 4 is 11.9 Å². The minimum absolute atomic E-state index is 0.262. The zero-order valence-electron chi connectivity index (χ0n) is 13.0. The molecule has 1 aromatic carbocycles. The maximum absolute atomic E-state index is 11.9. The number of hydrogen-bond acceptors (Lipinski definition) is 6. The normalized spacial score (nSPS) is 15.4.